The second-order valence-electron chi connectivity index (χ2n) is 6.36. The molecule has 1 aliphatic rings. The normalized spacial score (nSPS) is 13.5. The lowest BCUT2D eigenvalue weighted by Crippen LogP contribution is -2.33. The number of rotatable bonds is 4. The van der Waals surface area contributed by atoms with Crippen LogP contribution in [0.4, 0.5) is 5.00 Å². The van der Waals surface area contributed by atoms with Crippen molar-refractivity contribution in [1.29, 1.82) is 5.26 Å². The van der Waals surface area contributed by atoms with Crippen molar-refractivity contribution in [3.63, 3.8) is 0 Å². The minimum absolute atomic E-state index is 0.0300. The van der Waals surface area contributed by atoms with Crippen LogP contribution in [0.2, 0.25) is 0 Å². The molecule has 0 unspecified atom stereocenters. The molecule has 1 aromatic heterocycles. The van der Waals surface area contributed by atoms with Gasteiger partial charge in [0.1, 0.15) is 11.1 Å². The molecule has 9 heteroatoms. The Hall–Kier alpha value is -2.70. The second kappa shape index (κ2) is 7.73. The highest BCUT2D eigenvalue weighted by Gasteiger charge is 2.27. The van der Waals surface area contributed by atoms with Gasteiger partial charge in [0.15, 0.2) is 9.84 Å². The maximum Gasteiger partial charge on any atom is 0.257 e. The van der Waals surface area contributed by atoms with Crippen LogP contribution in [0.25, 0.3) is 0 Å². The summed E-state index contributed by atoms with van der Waals surface area (Å²) in [6.45, 7) is 3.95. The first-order valence-electron chi connectivity index (χ1n) is 8.71. The van der Waals surface area contributed by atoms with E-state index in [9.17, 15) is 23.3 Å². The van der Waals surface area contributed by atoms with Gasteiger partial charge in [0.05, 0.1) is 28.3 Å². The molecule has 146 valence electrons. The summed E-state index contributed by atoms with van der Waals surface area (Å²) in [7, 11) is -3.57. The van der Waals surface area contributed by atoms with Crippen LogP contribution in [0, 0.1) is 11.3 Å². The first-order valence-corrected chi connectivity index (χ1v) is 11.2. The molecule has 1 N–H and O–H groups in total. The minimum atomic E-state index is -3.57. The van der Waals surface area contributed by atoms with Crippen LogP contribution in [0.15, 0.2) is 29.2 Å². The van der Waals surface area contributed by atoms with Crippen molar-refractivity contribution in [3.8, 4) is 6.07 Å². The number of hydrogen-bond donors (Lipinski definition) is 1. The topological polar surface area (TPSA) is 107 Å². The van der Waals surface area contributed by atoms with E-state index in [1.165, 1.54) is 37.3 Å². The predicted molar refractivity (Wildman–Crippen MR) is 106 cm³/mol. The van der Waals surface area contributed by atoms with Gasteiger partial charge < -0.3 is 10.2 Å². The Labute approximate surface area is 167 Å². The highest BCUT2D eigenvalue weighted by molar-refractivity contribution is 7.91. The van der Waals surface area contributed by atoms with E-state index >= 15 is 0 Å². The number of sulfone groups is 1. The first kappa shape index (κ1) is 20.0. The van der Waals surface area contributed by atoms with E-state index in [1.807, 2.05) is 0 Å². The molecule has 28 heavy (non-hydrogen) atoms. The summed E-state index contributed by atoms with van der Waals surface area (Å²) >= 11 is 1.25. The van der Waals surface area contributed by atoms with Gasteiger partial charge in [-0.1, -0.05) is 19.1 Å². The highest BCUT2D eigenvalue weighted by Crippen LogP contribution is 2.37. The average Bonchev–Trinajstić information content (AvgIpc) is 3.03. The second-order valence-corrected chi connectivity index (χ2v) is 9.72. The zero-order chi connectivity index (χ0) is 20.5. The smallest absolute Gasteiger partial charge is 0.257 e. The van der Waals surface area contributed by atoms with E-state index in [0.717, 1.165) is 10.4 Å². The fraction of sp³-hybridized carbons (Fsp3) is 0.316. The molecule has 7 nitrogen and oxygen atoms in total. The maximum absolute atomic E-state index is 12.8. The average molecular weight is 418 g/mol. The molecule has 2 aromatic rings. The van der Waals surface area contributed by atoms with Gasteiger partial charge in [-0.05, 0) is 24.1 Å². The van der Waals surface area contributed by atoms with Crippen LogP contribution in [-0.2, 0) is 27.6 Å². The van der Waals surface area contributed by atoms with Crippen molar-refractivity contribution in [2.24, 2.45) is 0 Å². The van der Waals surface area contributed by atoms with Gasteiger partial charge in [0.25, 0.3) is 5.91 Å². The molecule has 0 bridgehead atoms. The number of fused-ring (bicyclic) bond motifs is 1. The van der Waals surface area contributed by atoms with Gasteiger partial charge in [-0.15, -0.1) is 11.3 Å². The molecule has 2 amide bonds. The van der Waals surface area contributed by atoms with Crippen molar-refractivity contribution < 1.29 is 18.0 Å². The number of thiophene rings is 1. The number of nitriles is 1. The van der Waals surface area contributed by atoms with E-state index in [0.29, 0.717) is 30.1 Å². The number of benzene rings is 1. The molecule has 1 aromatic carbocycles. The minimum Gasteiger partial charge on any atom is -0.337 e. The molecule has 0 fully saturated rings. The van der Waals surface area contributed by atoms with Crippen molar-refractivity contribution in [1.82, 2.24) is 4.90 Å². The Morgan fingerprint density at radius 2 is 2.04 bits per heavy atom. The quantitative estimate of drug-likeness (QED) is 0.823. The van der Waals surface area contributed by atoms with Crippen LogP contribution >= 0.6 is 11.3 Å². The fourth-order valence-electron chi connectivity index (χ4n) is 3.13. The van der Waals surface area contributed by atoms with E-state index < -0.39 is 15.7 Å². The molecule has 0 aliphatic carbocycles. The molecule has 0 atom stereocenters. The SMILES string of the molecule is CCS(=O)(=O)c1ccccc1C(=O)Nc1sc2c(c1C#N)CCN(C(C)=O)C2. The number of nitrogens with one attached hydrogen (secondary N) is 1. The molecule has 0 saturated heterocycles. The number of carbonyl (C=O) groups is 2. The maximum atomic E-state index is 12.8. The highest BCUT2D eigenvalue weighted by atomic mass is 32.2. The van der Waals surface area contributed by atoms with Gasteiger partial charge in [0, 0.05) is 18.3 Å². The standard InChI is InChI=1S/C19H19N3O4S2/c1-3-28(25,26)17-7-5-4-6-14(17)18(24)21-19-15(10-20)13-8-9-22(12(2)23)11-16(13)27-19/h4-7H,3,8-9,11H2,1-2H3,(H,21,24). The zero-order valence-corrected chi connectivity index (χ0v) is 17.1. The number of carbonyl (C=O) groups excluding carboxylic acids is 2. The summed E-state index contributed by atoms with van der Waals surface area (Å²) in [5.41, 5.74) is 1.27. The zero-order valence-electron chi connectivity index (χ0n) is 15.5. The Morgan fingerprint density at radius 1 is 1.32 bits per heavy atom. The summed E-state index contributed by atoms with van der Waals surface area (Å²) in [6.07, 6.45) is 0.547. The van der Waals surface area contributed by atoms with Gasteiger partial charge in [-0.25, -0.2) is 8.42 Å². The van der Waals surface area contributed by atoms with Crippen molar-refractivity contribution in [2.45, 2.75) is 31.7 Å². The van der Waals surface area contributed by atoms with Gasteiger partial charge >= 0.3 is 0 Å². The molecular formula is C19H19N3O4S2. The first-order chi connectivity index (χ1) is 13.3. The van der Waals surface area contributed by atoms with Crippen molar-refractivity contribution in [3.05, 3.63) is 45.8 Å². The molecule has 0 spiro atoms. The molecule has 0 radical (unpaired) electrons. The third-order valence-electron chi connectivity index (χ3n) is 4.69. The largest absolute Gasteiger partial charge is 0.337 e. The van der Waals surface area contributed by atoms with Crippen LogP contribution < -0.4 is 5.32 Å². The summed E-state index contributed by atoms with van der Waals surface area (Å²) in [5, 5.41) is 12.7. The molecule has 3 rings (SSSR count). The fourth-order valence-corrected chi connectivity index (χ4v) is 5.43. The van der Waals surface area contributed by atoms with Crippen molar-refractivity contribution in [2.75, 3.05) is 17.6 Å². The molecule has 2 heterocycles. The predicted octanol–water partition coefficient (Wildman–Crippen LogP) is 2.57. The lowest BCUT2D eigenvalue weighted by Gasteiger charge is -2.25. The number of amides is 2. The monoisotopic (exact) mass is 417 g/mol. The number of hydrogen-bond acceptors (Lipinski definition) is 6. The number of nitrogens with zero attached hydrogens (tertiary/aromatic N) is 2. The summed E-state index contributed by atoms with van der Waals surface area (Å²) in [5.74, 6) is -0.734. The van der Waals surface area contributed by atoms with Gasteiger partial charge in [0.2, 0.25) is 5.91 Å². The van der Waals surface area contributed by atoms with E-state index in [1.54, 1.807) is 17.0 Å². The van der Waals surface area contributed by atoms with Crippen LogP contribution in [0.3, 0.4) is 0 Å². The third-order valence-corrected chi connectivity index (χ3v) is 7.61. The Balaban J connectivity index is 1.95. The van der Waals surface area contributed by atoms with E-state index in [2.05, 4.69) is 11.4 Å². The lowest BCUT2D eigenvalue weighted by atomic mass is 10.0. The van der Waals surface area contributed by atoms with E-state index in [4.69, 9.17) is 0 Å². The van der Waals surface area contributed by atoms with Crippen LogP contribution in [0.5, 0.6) is 0 Å². The Kier molecular flexibility index (Phi) is 5.54. The van der Waals surface area contributed by atoms with Gasteiger partial charge in [-0.3, -0.25) is 9.59 Å². The third kappa shape index (κ3) is 3.66. The summed E-state index contributed by atoms with van der Waals surface area (Å²) < 4.78 is 24.6. The summed E-state index contributed by atoms with van der Waals surface area (Å²) in [4.78, 5) is 27.0. The van der Waals surface area contributed by atoms with Gasteiger partial charge in [-0.2, -0.15) is 5.26 Å². The molecule has 1 aliphatic heterocycles. The Bertz CT molecular complexity index is 1100. The molecule has 0 saturated carbocycles. The van der Waals surface area contributed by atoms with Crippen LogP contribution in [0.1, 0.15) is 40.2 Å². The summed E-state index contributed by atoms with van der Waals surface area (Å²) in [6, 6.07) is 8.16. The number of anilines is 1. The van der Waals surface area contributed by atoms with Crippen molar-refractivity contribution >= 4 is 38.0 Å². The lowest BCUT2D eigenvalue weighted by molar-refractivity contribution is -0.129. The Morgan fingerprint density at radius 3 is 2.68 bits per heavy atom. The van der Waals surface area contributed by atoms with Crippen LogP contribution in [-0.4, -0.2) is 37.4 Å². The molecular weight excluding hydrogens is 398 g/mol. The van der Waals surface area contributed by atoms with E-state index in [-0.39, 0.29) is 22.1 Å².